The second kappa shape index (κ2) is 5.59. The zero-order chi connectivity index (χ0) is 12.1. The van der Waals surface area contributed by atoms with Gasteiger partial charge in [-0.15, -0.1) is 0 Å². The van der Waals surface area contributed by atoms with Gasteiger partial charge in [0, 0.05) is 12.6 Å². The number of para-hydroxylation sites is 1. The Kier molecular flexibility index (Phi) is 3.88. The lowest BCUT2D eigenvalue weighted by molar-refractivity contribution is 0.301. The first-order valence-electron chi connectivity index (χ1n) is 5.83. The first-order chi connectivity index (χ1) is 8.27. The van der Waals surface area contributed by atoms with Crippen LogP contribution in [-0.4, -0.2) is 29.2 Å². The van der Waals surface area contributed by atoms with Crippen molar-refractivity contribution in [1.29, 1.82) is 0 Å². The molecule has 0 unspecified atom stereocenters. The van der Waals surface area contributed by atoms with Crippen LogP contribution in [0.2, 0.25) is 0 Å². The summed E-state index contributed by atoms with van der Waals surface area (Å²) in [6, 6.07) is 8.32. The highest BCUT2D eigenvalue weighted by Gasteiger charge is 2.03. The standard InChI is InChI=1S/C13H17N3O/c1-10(2)14-7-8-17-13-11-5-3-4-6-12(11)15-9-16-13/h3-6,9-10,14H,7-8H2,1-2H3. The molecular formula is C13H17N3O. The molecule has 4 heteroatoms. The zero-order valence-corrected chi connectivity index (χ0v) is 10.2. The van der Waals surface area contributed by atoms with Crippen molar-refractivity contribution in [3.63, 3.8) is 0 Å². The Morgan fingerprint density at radius 1 is 1.24 bits per heavy atom. The van der Waals surface area contributed by atoms with Crippen LogP contribution in [0.4, 0.5) is 0 Å². The molecular weight excluding hydrogens is 214 g/mol. The molecule has 0 aliphatic heterocycles. The van der Waals surface area contributed by atoms with Crippen LogP contribution in [0.25, 0.3) is 10.9 Å². The predicted molar refractivity (Wildman–Crippen MR) is 68.2 cm³/mol. The molecule has 0 atom stereocenters. The number of aromatic nitrogens is 2. The Labute approximate surface area is 101 Å². The fraction of sp³-hybridized carbons (Fsp3) is 0.385. The van der Waals surface area contributed by atoms with Gasteiger partial charge in [-0.1, -0.05) is 26.0 Å². The highest BCUT2D eigenvalue weighted by Crippen LogP contribution is 2.20. The van der Waals surface area contributed by atoms with E-state index in [9.17, 15) is 0 Å². The smallest absolute Gasteiger partial charge is 0.224 e. The number of nitrogens with one attached hydrogen (secondary N) is 1. The molecule has 1 aromatic heterocycles. The van der Waals surface area contributed by atoms with Gasteiger partial charge in [-0.2, -0.15) is 0 Å². The van der Waals surface area contributed by atoms with Gasteiger partial charge in [0.1, 0.15) is 12.9 Å². The van der Waals surface area contributed by atoms with E-state index in [4.69, 9.17) is 4.74 Å². The van der Waals surface area contributed by atoms with Crippen LogP contribution in [0.5, 0.6) is 5.88 Å². The molecule has 0 saturated heterocycles. The maximum absolute atomic E-state index is 5.66. The summed E-state index contributed by atoms with van der Waals surface area (Å²) in [4.78, 5) is 8.35. The van der Waals surface area contributed by atoms with Gasteiger partial charge in [0.25, 0.3) is 0 Å². The van der Waals surface area contributed by atoms with Gasteiger partial charge in [0.05, 0.1) is 10.9 Å². The van der Waals surface area contributed by atoms with Gasteiger partial charge < -0.3 is 10.1 Å². The molecule has 1 aromatic carbocycles. The number of nitrogens with zero attached hydrogens (tertiary/aromatic N) is 2. The third-order valence-corrected chi connectivity index (χ3v) is 2.40. The maximum Gasteiger partial charge on any atom is 0.224 e. The van der Waals surface area contributed by atoms with Crippen molar-refractivity contribution in [1.82, 2.24) is 15.3 Å². The van der Waals surface area contributed by atoms with Crippen molar-refractivity contribution < 1.29 is 4.74 Å². The van der Waals surface area contributed by atoms with E-state index in [-0.39, 0.29) is 0 Å². The van der Waals surface area contributed by atoms with Crippen LogP contribution in [0, 0.1) is 0 Å². The third-order valence-electron chi connectivity index (χ3n) is 2.40. The average Bonchev–Trinajstić information content (AvgIpc) is 2.34. The van der Waals surface area contributed by atoms with Gasteiger partial charge in [-0.05, 0) is 12.1 Å². The Morgan fingerprint density at radius 3 is 2.88 bits per heavy atom. The van der Waals surface area contributed by atoms with E-state index in [1.54, 1.807) is 0 Å². The zero-order valence-electron chi connectivity index (χ0n) is 10.2. The highest BCUT2D eigenvalue weighted by atomic mass is 16.5. The van der Waals surface area contributed by atoms with E-state index in [0.717, 1.165) is 17.4 Å². The molecule has 0 spiro atoms. The minimum atomic E-state index is 0.473. The maximum atomic E-state index is 5.66. The minimum absolute atomic E-state index is 0.473. The SMILES string of the molecule is CC(C)NCCOc1ncnc2ccccc12. The molecule has 0 bridgehead atoms. The quantitative estimate of drug-likeness (QED) is 0.800. The van der Waals surface area contributed by atoms with E-state index in [0.29, 0.717) is 18.5 Å². The van der Waals surface area contributed by atoms with Crippen LogP contribution >= 0.6 is 0 Å². The number of fused-ring (bicyclic) bond motifs is 1. The Bertz CT molecular complexity index is 480. The van der Waals surface area contributed by atoms with Gasteiger partial charge in [-0.25, -0.2) is 9.97 Å². The van der Waals surface area contributed by atoms with E-state index in [2.05, 4.69) is 29.1 Å². The van der Waals surface area contributed by atoms with Crippen LogP contribution in [0.1, 0.15) is 13.8 Å². The molecule has 0 radical (unpaired) electrons. The third kappa shape index (κ3) is 3.14. The number of benzene rings is 1. The molecule has 1 heterocycles. The normalized spacial score (nSPS) is 11.0. The van der Waals surface area contributed by atoms with Crippen LogP contribution < -0.4 is 10.1 Å². The lowest BCUT2D eigenvalue weighted by Crippen LogP contribution is -2.27. The molecule has 2 rings (SSSR count). The first kappa shape index (κ1) is 11.8. The lowest BCUT2D eigenvalue weighted by Gasteiger charge is -2.10. The second-order valence-corrected chi connectivity index (χ2v) is 4.15. The fourth-order valence-corrected chi connectivity index (χ4v) is 1.59. The molecule has 0 aliphatic rings. The van der Waals surface area contributed by atoms with Crippen molar-refractivity contribution in [3.05, 3.63) is 30.6 Å². The molecule has 2 aromatic rings. The Morgan fingerprint density at radius 2 is 2.06 bits per heavy atom. The van der Waals surface area contributed by atoms with Crippen molar-refractivity contribution in [2.24, 2.45) is 0 Å². The molecule has 0 saturated carbocycles. The molecule has 0 amide bonds. The van der Waals surface area contributed by atoms with Gasteiger partial charge >= 0.3 is 0 Å². The topological polar surface area (TPSA) is 47.0 Å². The van der Waals surface area contributed by atoms with Crippen LogP contribution in [-0.2, 0) is 0 Å². The van der Waals surface area contributed by atoms with E-state index >= 15 is 0 Å². The van der Waals surface area contributed by atoms with Crippen molar-refractivity contribution in [2.75, 3.05) is 13.2 Å². The predicted octanol–water partition coefficient (Wildman–Crippen LogP) is 2.01. The van der Waals surface area contributed by atoms with Gasteiger partial charge in [0.2, 0.25) is 5.88 Å². The molecule has 90 valence electrons. The number of hydrogen-bond acceptors (Lipinski definition) is 4. The van der Waals surface area contributed by atoms with Crippen molar-refractivity contribution in [3.8, 4) is 5.88 Å². The summed E-state index contributed by atoms with van der Waals surface area (Å²) in [7, 11) is 0. The lowest BCUT2D eigenvalue weighted by atomic mass is 10.2. The highest BCUT2D eigenvalue weighted by molar-refractivity contribution is 5.82. The molecule has 1 N–H and O–H groups in total. The van der Waals surface area contributed by atoms with E-state index < -0.39 is 0 Å². The average molecular weight is 231 g/mol. The first-order valence-corrected chi connectivity index (χ1v) is 5.83. The number of ether oxygens (including phenoxy) is 1. The summed E-state index contributed by atoms with van der Waals surface area (Å²) in [5.74, 6) is 0.654. The summed E-state index contributed by atoms with van der Waals surface area (Å²) in [6.07, 6.45) is 1.54. The Balaban J connectivity index is 2.03. The molecule has 4 nitrogen and oxygen atoms in total. The van der Waals surface area contributed by atoms with Gasteiger partial charge in [-0.3, -0.25) is 0 Å². The molecule has 17 heavy (non-hydrogen) atoms. The number of rotatable bonds is 5. The van der Waals surface area contributed by atoms with Crippen LogP contribution in [0.15, 0.2) is 30.6 Å². The fourth-order valence-electron chi connectivity index (χ4n) is 1.59. The molecule has 0 fully saturated rings. The van der Waals surface area contributed by atoms with Crippen molar-refractivity contribution >= 4 is 10.9 Å². The summed E-state index contributed by atoms with van der Waals surface area (Å²) in [5, 5.41) is 4.25. The van der Waals surface area contributed by atoms with E-state index in [1.807, 2.05) is 24.3 Å². The summed E-state index contributed by atoms with van der Waals surface area (Å²) in [6.45, 7) is 5.65. The monoisotopic (exact) mass is 231 g/mol. The Hall–Kier alpha value is -1.68. The summed E-state index contributed by atoms with van der Waals surface area (Å²) >= 11 is 0. The summed E-state index contributed by atoms with van der Waals surface area (Å²) < 4.78 is 5.66. The van der Waals surface area contributed by atoms with E-state index in [1.165, 1.54) is 6.33 Å². The van der Waals surface area contributed by atoms with Gasteiger partial charge in [0.15, 0.2) is 0 Å². The minimum Gasteiger partial charge on any atom is -0.476 e. The van der Waals surface area contributed by atoms with Crippen LogP contribution in [0.3, 0.4) is 0 Å². The van der Waals surface area contributed by atoms with Crippen molar-refractivity contribution in [2.45, 2.75) is 19.9 Å². The largest absolute Gasteiger partial charge is 0.476 e. The number of hydrogen-bond donors (Lipinski definition) is 1. The summed E-state index contributed by atoms with van der Waals surface area (Å²) in [5.41, 5.74) is 0.911. The molecule has 0 aliphatic carbocycles. The second-order valence-electron chi connectivity index (χ2n) is 4.15.